The summed E-state index contributed by atoms with van der Waals surface area (Å²) in [5.41, 5.74) is 0.872. The molecule has 2 fully saturated rings. The molecule has 4 heteroatoms. The monoisotopic (exact) mass is 259 g/mol. The SMILES string of the molecule is O=C(Nc1ccccc1)N1CCC(N2CCCC2)C1. The summed E-state index contributed by atoms with van der Waals surface area (Å²) < 4.78 is 0. The maximum Gasteiger partial charge on any atom is 0.321 e. The molecule has 2 heterocycles. The third kappa shape index (κ3) is 2.89. The summed E-state index contributed by atoms with van der Waals surface area (Å²) in [6.45, 7) is 4.16. The molecule has 4 nitrogen and oxygen atoms in total. The van der Waals surface area contributed by atoms with Crippen LogP contribution >= 0.6 is 0 Å². The van der Waals surface area contributed by atoms with E-state index in [9.17, 15) is 4.79 Å². The van der Waals surface area contributed by atoms with E-state index in [0.717, 1.165) is 25.2 Å². The first-order valence-electron chi connectivity index (χ1n) is 7.18. The largest absolute Gasteiger partial charge is 0.323 e. The summed E-state index contributed by atoms with van der Waals surface area (Å²) >= 11 is 0. The quantitative estimate of drug-likeness (QED) is 0.885. The number of benzene rings is 1. The van der Waals surface area contributed by atoms with Crippen LogP contribution in [0.1, 0.15) is 19.3 Å². The molecule has 0 aromatic heterocycles. The van der Waals surface area contributed by atoms with Crippen molar-refractivity contribution in [3.8, 4) is 0 Å². The predicted octanol–water partition coefficient (Wildman–Crippen LogP) is 2.39. The molecule has 0 aliphatic carbocycles. The van der Waals surface area contributed by atoms with Gasteiger partial charge in [-0.05, 0) is 44.5 Å². The summed E-state index contributed by atoms with van der Waals surface area (Å²) in [7, 11) is 0. The van der Waals surface area contributed by atoms with E-state index in [4.69, 9.17) is 0 Å². The van der Waals surface area contributed by atoms with Gasteiger partial charge in [-0.15, -0.1) is 0 Å². The van der Waals surface area contributed by atoms with Crippen LogP contribution < -0.4 is 5.32 Å². The van der Waals surface area contributed by atoms with Gasteiger partial charge < -0.3 is 10.2 Å². The molecule has 2 aliphatic heterocycles. The lowest BCUT2D eigenvalue weighted by Gasteiger charge is -2.23. The van der Waals surface area contributed by atoms with Crippen LogP contribution in [-0.2, 0) is 0 Å². The normalized spacial score (nSPS) is 23.8. The Labute approximate surface area is 114 Å². The van der Waals surface area contributed by atoms with E-state index in [1.165, 1.54) is 25.9 Å². The van der Waals surface area contributed by atoms with Gasteiger partial charge >= 0.3 is 6.03 Å². The molecule has 19 heavy (non-hydrogen) atoms. The second-order valence-corrected chi connectivity index (χ2v) is 5.43. The van der Waals surface area contributed by atoms with Gasteiger partial charge in [-0.2, -0.15) is 0 Å². The third-order valence-electron chi connectivity index (χ3n) is 4.13. The van der Waals surface area contributed by atoms with Gasteiger partial charge in [0.25, 0.3) is 0 Å². The third-order valence-corrected chi connectivity index (χ3v) is 4.13. The fourth-order valence-corrected chi connectivity index (χ4v) is 3.06. The van der Waals surface area contributed by atoms with E-state index in [-0.39, 0.29) is 6.03 Å². The number of urea groups is 1. The van der Waals surface area contributed by atoms with Crippen molar-refractivity contribution in [2.75, 3.05) is 31.5 Å². The maximum absolute atomic E-state index is 12.2. The second kappa shape index (κ2) is 5.61. The molecular weight excluding hydrogens is 238 g/mol. The molecule has 102 valence electrons. The Morgan fingerprint density at radius 3 is 2.58 bits per heavy atom. The molecule has 0 radical (unpaired) electrons. The van der Waals surface area contributed by atoms with Gasteiger partial charge in [0.1, 0.15) is 0 Å². The van der Waals surface area contributed by atoms with E-state index >= 15 is 0 Å². The first-order valence-corrected chi connectivity index (χ1v) is 7.18. The zero-order valence-electron chi connectivity index (χ0n) is 11.2. The van der Waals surface area contributed by atoms with Crippen LogP contribution in [0, 0.1) is 0 Å². The van der Waals surface area contributed by atoms with Crippen molar-refractivity contribution >= 4 is 11.7 Å². The zero-order valence-corrected chi connectivity index (χ0v) is 11.2. The Kier molecular flexibility index (Phi) is 3.69. The number of hydrogen-bond donors (Lipinski definition) is 1. The van der Waals surface area contributed by atoms with Gasteiger partial charge in [0.2, 0.25) is 0 Å². The van der Waals surface area contributed by atoms with Gasteiger partial charge in [0.15, 0.2) is 0 Å². The number of nitrogens with one attached hydrogen (secondary N) is 1. The highest BCUT2D eigenvalue weighted by molar-refractivity contribution is 5.89. The van der Waals surface area contributed by atoms with Crippen LogP contribution in [0.5, 0.6) is 0 Å². The summed E-state index contributed by atoms with van der Waals surface area (Å²) in [6, 6.07) is 10.3. The molecule has 2 saturated heterocycles. The summed E-state index contributed by atoms with van der Waals surface area (Å²) in [6.07, 6.45) is 3.74. The Morgan fingerprint density at radius 2 is 1.84 bits per heavy atom. The van der Waals surface area contributed by atoms with Crippen molar-refractivity contribution in [3.05, 3.63) is 30.3 Å². The van der Waals surface area contributed by atoms with Crippen LogP contribution in [-0.4, -0.2) is 48.1 Å². The summed E-state index contributed by atoms with van der Waals surface area (Å²) in [4.78, 5) is 16.6. The van der Waals surface area contributed by atoms with Gasteiger partial charge in [-0.3, -0.25) is 4.90 Å². The van der Waals surface area contributed by atoms with Crippen LogP contribution in [0.3, 0.4) is 0 Å². The topological polar surface area (TPSA) is 35.6 Å². The number of hydrogen-bond acceptors (Lipinski definition) is 2. The smallest absolute Gasteiger partial charge is 0.321 e. The molecule has 0 spiro atoms. The summed E-state index contributed by atoms with van der Waals surface area (Å²) in [5.74, 6) is 0. The Morgan fingerprint density at radius 1 is 1.11 bits per heavy atom. The molecule has 1 aromatic carbocycles. The maximum atomic E-state index is 12.2. The number of para-hydroxylation sites is 1. The number of likely N-dealkylation sites (tertiary alicyclic amines) is 2. The van der Waals surface area contributed by atoms with E-state index in [2.05, 4.69) is 10.2 Å². The lowest BCUT2D eigenvalue weighted by molar-refractivity contribution is 0.210. The van der Waals surface area contributed by atoms with Crippen molar-refractivity contribution in [2.45, 2.75) is 25.3 Å². The Bertz CT molecular complexity index is 428. The first kappa shape index (κ1) is 12.5. The van der Waals surface area contributed by atoms with E-state index in [0.29, 0.717) is 6.04 Å². The number of carbonyl (C=O) groups is 1. The highest BCUT2D eigenvalue weighted by Gasteiger charge is 2.31. The molecule has 1 N–H and O–H groups in total. The van der Waals surface area contributed by atoms with Gasteiger partial charge in [0, 0.05) is 24.8 Å². The molecule has 1 atom stereocenters. The fourth-order valence-electron chi connectivity index (χ4n) is 3.06. The van der Waals surface area contributed by atoms with Crippen molar-refractivity contribution in [1.29, 1.82) is 0 Å². The van der Waals surface area contributed by atoms with Crippen LogP contribution in [0.2, 0.25) is 0 Å². The first-order chi connectivity index (χ1) is 9.33. The summed E-state index contributed by atoms with van der Waals surface area (Å²) in [5, 5.41) is 2.96. The number of amides is 2. The van der Waals surface area contributed by atoms with E-state index in [1.54, 1.807) is 0 Å². The molecule has 3 rings (SSSR count). The predicted molar refractivity (Wildman–Crippen MR) is 76.2 cm³/mol. The number of rotatable bonds is 2. The molecule has 0 saturated carbocycles. The van der Waals surface area contributed by atoms with Gasteiger partial charge in [-0.1, -0.05) is 18.2 Å². The highest BCUT2D eigenvalue weighted by Crippen LogP contribution is 2.21. The molecule has 1 aromatic rings. The van der Waals surface area contributed by atoms with Crippen molar-refractivity contribution in [3.63, 3.8) is 0 Å². The average molecular weight is 259 g/mol. The highest BCUT2D eigenvalue weighted by atomic mass is 16.2. The second-order valence-electron chi connectivity index (χ2n) is 5.43. The fraction of sp³-hybridized carbons (Fsp3) is 0.533. The minimum atomic E-state index is 0.0351. The molecule has 2 aliphatic rings. The minimum Gasteiger partial charge on any atom is -0.323 e. The Hall–Kier alpha value is -1.55. The van der Waals surface area contributed by atoms with Crippen LogP contribution in [0.4, 0.5) is 10.5 Å². The van der Waals surface area contributed by atoms with E-state index < -0.39 is 0 Å². The number of nitrogens with zero attached hydrogens (tertiary/aromatic N) is 2. The Balaban J connectivity index is 1.54. The molecule has 1 unspecified atom stereocenters. The van der Waals surface area contributed by atoms with E-state index in [1.807, 2.05) is 35.2 Å². The molecule has 0 bridgehead atoms. The molecular formula is C15H21N3O. The van der Waals surface area contributed by atoms with Crippen molar-refractivity contribution < 1.29 is 4.79 Å². The standard InChI is InChI=1S/C15H21N3O/c19-15(16-13-6-2-1-3-7-13)18-11-8-14(12-18)17-9-4-5-10-17/h1-3,6-7,14H,4-5,8-12H2,(H,16,19). The van der Waals surface area contributed by atoms with Gasteiger partial charge in [0.05, 0.1) is 0 Å². The zero-order chi connectivity index (χ0) is 13.1. The lowest BCUT2D eigenvalue weighted by Crippen LogP contribution is -2.38. The minimum absolute atomic E-state index is 0.0351. The van der Waals surface area contributed by atoms with Gasteiger partial charge in [-0.25, -0.2) is 4.79 Å². The number of anilines is 1. The molecule has 2 amide bonds. The van der Waals surface area contributed by atoms with Crippen LogP contribution in [0.25, 0.3) is 0 Å². The number of carbonyl (C=O) groups excluding carboxylic acids is 1. The average Bonchev–Trinajstić information content (AvgIpc) is 3.11. The van der Waals surface area contributed by atoms with Crippen molar-refractivity contribution in [2.24, 2.45) is 0 Å². The van der Waals surface area contributed by atoms with Crippen molar-refractivity contribution in [1.82, 2.24) is 9.80 Å². The van der Waals surface area contributed by atoms with Crippen LogP contribution in [0.15, 0.2) is 30.3 Å². The lowest BCUT2D eigenvalue weighted by atomic mass is 10.2.